The van der Waals surface area contributed by atoms with Gasteiger partial charge in [0.15, 0.2) is 5.12 Å². The molecular formula is C7H13NO3S. The molecule has 0 rings (SSSR count). The maximum atomic E-state index is 10.5. The minimum absolute atomic E-state index is 0.0563. The van der Waals surface area contributed by atoms with E-state index in [1.54, 1.807) is 0 Å². The summed E-state index contributed by atoms with van der Waals surface area (Å²) in [5.41, 5.74) is 0. The first-order chi connectivity index (χ1) is 5.57. The van der Waals surface area contributed by atoms with Gasteiger partial charge in [0, 0.05) is 12.7 Å². The Balaban J connectivity index is 3.79. The molecule has 0 aromatic rings. The smallest absolute Gasteiger partial charge is 0.321 e. The van der Waals surface area contributed by atoms with Crippen LogP contribution < -0.4 is 5.32 Å². The van der Waals surface area contributed by atoms with Crippen LogP contribution in [0.1, 0.15) is 13.8 Å². The quantitative estimate of drug-likeness (QED) is 0.655. The van der Waals surface area contributed by atoms with Crippen molar-refractivity contribution in [1.82, 2.24) is 5.32 Å². The number of carboxylic acids is 1. The van der Waals surface area contributed by atoms with Gasteiger partial charge in [-0.2, -0.15) is 0 Å². The fourth-order valence-electron chi connectivity index (χ4n) is 0.665. The summed E-state index contributed by atoms with van der Waals surface area (Å²) >= 11 is 1.03. The van der Waals surface area contributed by atoms with Gasteiger partial charge in [0.1, 0.15) is 6.04 Å². The summed E-state index contributed by atoms with van der Waals surface area (Å²) < 4.78 is 0. The van der Waals surface area contributed by atoms with E-state index < -0.39 is 12.0 Å². The summed E-state index contributed by atoms with van der Waals surface area (Å²) in [7, 11) is 0. The zero-order valence-corrected chi connectivity index (χ0v) is 7.98. The van der Waals surface area contributed by atoms with E-state index in [-0.39, 0.29) is 5.12 Å². The van der Waals surface area contributed by atoms with Crippen molar-refractivity contribution in [3.63, 3.8) is 0 Å². The van der Waals surface area contributed by atoms with Crippen LogP contribution in [0, 0.1) is 0 Å². The summed E-state index contributed by atoms with van der Waals surface area (Å²) in [5.74, 6) is -0.621. The van der Waals surface area contributed by atoms with Crippen LogP contribution in [0.5, 0.6) is 0 Å². The van der Waals surface area contributed by atoms with E-state index in [0.717, 1.165) is 11.8 Å². The normalized spacial score (nSPS) is 12.5. The Kier molecular flexibility index (Phi) is 5.74. The van der Waals surface area contributed by atoms with Gasteiger partial charge in [-0.1, -0.05) is 18.7 Å². The van der Waals surface area contributed by atoms with Gasteiger partial charge in [-0.15, -0.1) is 0 Å². The van der Waals surface area contributed by atoms with Crippen molar-refractivity contribution < 1.29 is 14.7 Å². The molecule has 1 atom stereocenters. The van der Waals surface area contributed by atoms with Crippen molar-refractivity contribution in [3.05, 3.63) is 0 Å². The number of hydrogen-bond donors (Lipinski definition) is 2. The molecule has 0 aromatic carbocycles. The van der Waals surface area contributed by atoms with Crippen LogP contribution >= 0.6 is 11.8 Å². The predicted molar refractivity (Wildman–Crippen MR) is 48.2 cm³/mol. The van der Waals surface area contributed by atoms with Crippen LogP contribution in [0.4, 0.5) is 0 Å². The zero-order valence-electron chi connectivity index (χ0n) is 7.16. The lowest BCUT2D eigenvalue weighted by Gasteiger charge is -2.10. The molecule has 0 aromatic heterocycles. The van der Waals surface area contributed by atoms with Gasteiger partial charge in [0.05, 0.1) is 0 Å². The highest BCUT2D eigenvalue weighted by atomic mass is 32.2. The van der Waals surface area contributed by atoms with Crippen molar-refractivity contribution in [2.75, 3.05) is 12.3 Å². The Bertz CT molecular complexity index is 172. The van der Waals surface area contributed by atoms with Crippen LogP contribution in [0.15, 0.2) is 0 Å². The minimum Gasteiger partial charge on any atom is -0.480 e. The zero-order chi connectivity index (χ0) is 9.56. The molecule has 0 saturated carbocycles. The van der Waals surface area contributed by atoms with Gasteiger partial charge in [0.25, 0.3) is 0 Å². The van der Waals surface area contributed by atoms with Crippen molar-refractivity contribution in [1.29, 1.82) is 0 Å². The minimum atomic E-state index is -0.911. The number of carbonyl (C=O) groups is 2. The third-order valence-corrected chi connectivity index (χ3v) is 2.11. The lowest BCUT2D eigenvalue weighted by Crippen LogP contribution is -2.38. The molecule has 0 spiro atoms. The first-order valence-electron chi connectivity index (χ1n) is 3.67. The molecule has 0 aliphatic rings. The van der Waals surface area contributed by atoms with Crippen molar-refractivity contribution in [3.8, 4) is 0 Å². The van der Waals surface area contributed by atoms with Crippen LogP contribution in [0.2, 0.25) is 0 Å². The molecule has 0 heterocycles. The Morgan fingerprint density at radius 2 is 2.17 bits per heavy atom. The van der Waals surface area contributed by atoms with Gasteiger partial charge < -0.3 is 10.4 Å². The topological polar surface area (TPSA) is 66.4 Å². The average molecular weight is 191 g/mol. The monoisotopic (exact) mass is 191 g/mol. The highest BCUT2D eigenvalue weighted by Gasteiger charge is 2.16. The largest absolute Gasteiger partial charge is 0.480 e. The molecule has 0 fully saturated rings. The van der Waals surface area contributed by atoms with E-state index in [1.807, 2.05) is 6.92 Å². The van der Waals surface area contributed by atoms with E-state index in [9.17, 15) is 9.59 Å². The number of nitrogens with one attached hydrogen (secondary N) is 1. The Hall–Kier alpha value is -0.550. The number of carbonyl (C=O) groups excluding carboxylic acids is 1. The lowest BCUT2D eigenvalue weighted by molar-refractivity contribution is -0.138. The third-order valence-electron chi connectivity index (χ3n) is 1.20. The summed E-state index contributed by atoms with van der Waals surface area (Å²) in [5, 5.41) is 11.3. The first-order valence-corrected chi connectivity index (χ1v) is 4.66. The second-order valence-electron chi connectivity index (χ2n) is 2.25. The Morgan fingerprint density at radius 1 is 1.58 bits per heavy atom. The Morgan fingerprint density at radius 3 is 2.50 bits per heavy atom. The second kappa shape index (κ2) is 6.02. The van der Waals surface area contributed by atoms with Gasteiger partial charge >= 0.3 is 5.97 Å². The van der Waals surface area contributed by atoms with Gasteiger partial charge in [-0.05, 0) is 6.54 Å². The third kappa shape index (κ3) is 5.15. The summed E-state index contributed by atoms with van der Waals surface area (Å²) in [6.45, 7) is 3.85. The molecule has 0 saturated heterocycles. The van der Waals surface area contributed by atoms with E-state index in [1.165, 1.54) is 6.92 Å². The van der Waals surface area contributed by atoms with Crippen LogP contribution in [-0.4, -0.2) is 34.5 Å². The van der Waals surface area contributed by atoms with Crippen molar-refractivity contribution in [2.45, 2.75) is 19.9 Å². The molecule has 0 aliphatic heterocycles. The van der Waals surface area contributed by atoms with Crippen LogP contribution in [-0.2, 0) is 9.59 Å². The Labute approximate surface area is 75.7 Å². The molecule has 5 heteroatoms. The highest BCUT2D eigenvalue weighted by Crippen LogP contribution is 2.03. The van der Waals surface area contributed by atoms with E-state index in [2.05, 4.69) is 5.32 Å². The molecule has 70 valence electrons. The molecule has 0 amide bonds. The number of hydrogen-bond acceptors (Lipinski definition) is 4. The van der Waals surface area contributed by atoms with Crippen LogP contribution in [0.3, 0.4) is 0 Å². The molecular weight excluding hydrogens is 178 g/mol. The van der Waals surface area contributed by atoms with Crippen molar-refractivity contribution in [2.24, 2.45) is 0 Å². The molecule has 0 bridgehead atoms. The summed E-state index contributed by atoms with van der Waals surface area (Å²) in [6, 6.07) is -0.621. The summed E-state index contributed by atoms with van der Waals surface area (Å²) in [4.78, 5) is 21.0. The fourth-order valence-corrected chi connectivity index (χ4v) is 1.33. The maximum Gasteiger partial charge on any atom is 0.321 e. The van der Waals surface area contributed by atoms with Gasteiger partial charge in [-0.3, -0.25) is 9.59 Å². The van der Waals surface area contributed by atoms with Gasteiger partial charge in [-0.25, -0.2) is 0 Å². The maximum absolute atomic E-state index is 10.5. The molecule has 0 unspecified atom stereocenters. The van der Waals surface area contributed by atoms with Gasteiger partial charge in [0.2, 0.25) is 0 Å². The van der Waals surface area contributed by atoms with E-state index in [0.29, 0.717) is 12.3 Å². The number of thioether (sulfide) groups is 1. The lowest BCUT2D eigenvalue weighted by atomic mass is 10.3. The predicted octanol–water partition coefficient (Wildman–Crippen LogP) is 0.329. The standard InChI is InChI=1S/C7H13NO3S/c1-3-8-6(7(10)11)4-12-5(2)9/h6,8H,3-4H2,1-2H3,(H,10,11)/t6-/m0/s1. The second-order valence-corrected chi connectivity index (χ2v) is 3.45. The van der Waals surface area contributed by atoms with E-state index in [4.69, 9.17) is 5.11 Å². The molecule has 0 radical (unpaired) electrons. The molecule has 2 N–H and O–H groups in total. The van der Waals surface area contributed by atoms with E-state index >= 15 is 0 Å². The SMILES string of the molecule is CCN[C@@H](CSC(C)=O)C(=O)O. The average Bonchev–Trinajstić information content (AvgIpc) is 1.96. The highest BCUT2D eigenvalue weighted by molar-refractivity contribution is 8.13. The first kappa shape index (κ1) is 11.4. The number of rotatable bonds is 5. The van der Waals surface area contributed by atoms with Crippen molar-refractivity contribution >= 4 is 22.8 Å². The molecule has 12 heavy (non-hydrogen) atoms. The molecule has 4 nitrogen and oxygen atoms in total. The molecule has 0 aliphatic carbocycles. The van der Waals surface area contributed by atoms with Crippen LogP contribution in [0.25, 0.3) is 0 Å². The number of carboxylic acid groups (broad SMARTS) is 1. The fraction of sp³-hybridized carbons (Fsp3) is 0.714. The number of aliphatic carboxylic acids is 1. The number of likely N-dealkylation sites (N-methyl/N-ethyl adjacent to an activating group) is 1. The summed E-state index contributed by atoms with van der Waals surface area (Å²) in [6.07, 6.45) is 0.